The van der Waals surface area contributed by atoms with Gasteiger partial charge in [0.1, 0.15) is 11.5 Å². The summed E-state index contributed by atoms with van der Waals surface area (Å²) in [6.45, 7) is 17.0. The molecule has 7 heteroatoms. The average Bonchev–Trinajstić information content (AvgIpc) is 2.67. The predicted octanol–water partition coefficient (Wildman–Crippen LogP) is 8.09. The lowest BCUT2D eigenvalue weighted by Crippen LogP contribution is -2.04. The Morgan fingerprint density at radius 3 is 1.29 bits per heavy atom. The Bertz CT molecular complexity index is 784. The second kappa shape index (κ2) is 11.6. The van der Waals surface area contributed by atoms with Crippen molar-refractivity contribution in [2.45, 2.75) is 79.1 Å². The number of hydrogen-bond acceptors (Lipinski definition) is 5. The molecule has 0 unspecified atom stereocenters. The van der Waals surface area contributed by atoms with Crippen LogP contribution in [0.1, 0.15) is 101 Å². The minimum Gasteiger partial charge on any atom is -0.417 e. The lowest BCUT2D eigenvalue weighted by atomic mass is 9.95. The van der Waals surface area contributed by atoms with Gasteiger partial charge in [0.15, 0.2) is 0 Å². The Morgan fingerprint density at radius 1 is 0.613 bits per heavy atom. The number of rotatable bonds is 10. The van der Waals surface area contributed by atoms with Crippen LogP contribution in [0.25, 0.3) is 0 Å². The molecule has 0 bridgehead atoms. The van der Waals surface area contributed by atoms with Crippen LogP contribution in [0.5, 0.6) is 11.5 Å². The molecule has 0 saturated heterocycles. The molecule has 2 aromatic carbocycles. The average molecular weight is 466 g/mol. The lowest BCUT2D eigenvalue weighted by molar-refractivity contribution is 0.331. The highest BCUT2D eigenvalue weighted by Gasteiger charge is 2.26. The summed E-state index contributed by atoms with van der Waals surface area (Å²) in [6.07, 6.45) is 0. The topological polar surface area (TPSA) is 68.2 Å². The van der Waals surface area contributed by atoms with E-state index >= 15 is 0 Å². The fourth-order valence-electron chi connectivity index (χ4n) is 3.19. The van der Waals surface area contributed by atoms with Crippen molar-refractivity contribution in [3.8, 4) is 11.5 Å². The quantitative estimate of drug-likeness (QED) is 0.346. The third kappa shape index (κ3) is 7.41. The summed E-state index contributed by atoms with van der Waals surface area (Å²) < 4.78 is 17.5. The zero-order chi connectivity index (χ0) is 23.3. The third-order valence-corrected chi connectivity index (χ3v) is 6.94. The molecule has 0 aliphatic rings. The van der Waals surface area contributed by atoms with Crippen LogP contribution in [0.4, 0.5) is 0 Å². The van der Waals surface area contributed by atoms with Crippen molar-refractivity contribution < 1.29 is 23.1 Å². The molecule has 2 N–H and O–H groups in total. The maximum atomic E-state index is 9.52. The fraction of sp³-hybridized carbons (Fsp3) is 0.500. The smallest absolute Gasteiger partial charge is 0.417 e. The predicted molar refractivity (Wildman–Crippen MR) is 130 cm³/mol. The van der Waals surface area contributed by atoms with E-state index in [9.17, 15) is 9.79 Å². The molecule has 0 heterocycles. The van der Waals surface area contributed by atoms with Crippen LogP contribution in [0.3, 0.4) is 0 Å². The van der Waals surface area contributed by atoms with Crippen molar-refractivity contribution in [2.24, 2.45) is 0 Å². The third-order valence-electron chi connectivity index (χ3n) is 5.13. The van der Waals surface area contributed by atoms with Crippen LogP contribution in [0.2, 0.25) is 0 Å². The van der Waals surface area contributed by atoms with Gasteiger partial charge in [0.25, 0.3) is 0 Å². The normalized spacial score (nSPS) is 12.1. The van der Waals surface area contributed by atoms with Crippen molar-refractivity contribution in [3.63, 3.8) is 0 Å². The van der Waals surface area contributed by atoms with Crippen molar-refractivity contribution in [1.82, 2.24) is 0 Å². The van der Waals surface area contributed by atoms with Crippen molar-refractivity contribution in [1.29, 1.82) is 0 Å². The highest BCUT2D eigenvalue weighted by Crippen LogP contribution is 2.52. The van der Waals surface area contributed by atoms with Crippen molar-refractivity contribution in [3.05, 3.63) is 58.7 Å². The van der Waals surface area contributed by atoms with Crippen LogP contribution in [-0.2, 0) is 4.31 Å². The Labute approximate surface area is 189 Å². The first-order valence-corrected chi connectivity index (χ1v) is 13.0. The first-order chi connectivity index (χ1) is 14.5. The van der Waals surface area contributed by atoms with Crippen LogP contribution in [0.15, 0.2) is 36.4 Å². The SMILES string of the molecule is CC(C)c1ccc(OP(Oc2ccc(C(C)C)cc2C(C)C)OP(O)O)c(C(C)C)c1. The summed E-state index contributed by atoms with van der Waals surface area (Å²) in [4.78, 5) is 19.0. The fourth-order valence-corrected chi connectivity index (χ4v) is 4.63. The number of benzene rings is 2. The molecule has 0 spiro atoms. The summed E-state index contributed by atoms with van der Waals surface area (Å²) in [5, 5.41) is 0. The van der Waals surface area contributed by atoms with Gasteiger partial charge in [-0.3, -0.25) is 0 Å². The van der Waals surface area contributed by atoms with Crippen LogP contribution < -0.4 is 9.05 Å². The van der Waals surface area contributed by atoms with E-state index in [0.717, 1.165) is 11.1 Å². The molecule has 2 aromatic rings. The van der Waals surface area contributed by atoms with Crippen LogP contribution >= 0.6 is 17.2 Å². The molecule has 0 aliphatic carbocycles. The van der Waals surface area contributed by atoms with Crippen molar-refractivity contribution in [2.75, 3.05) is 0 Å². The molecule has 0 atom stereocenters. The summed E-state index contributed by atoms with van der Waals surface area (Å²) in [5.74, 6) is 2.52. The second-order valence-corrected chi connectivity index (χ2v) is 10.9. The van der Waals surface area contributed by atoms with E-state index in [1.165, 1.54) is 11.1 Å². The Hall–Kier alpha value is -1.22. The van der Waals surface area contributed by atoms with Crippen LogP contribution in [-0.4, -0.2) is 9.79 Å². The largest absolute Gasteiger partial charge is 0.470 e. The Kier molecular flexibility index (Phi) is 9.73. The van der Waals surface area contributed by atoms with E-state index in [0.29, 0.717) is 23.3 Å². The molecule has 0 saturated carbocycles. The molecule has 5 nitrogen and oxygen atoms in total. The molecule has 0 amide bonds. The molecule has 0 aliphatic heterocycles. The zero-order valence-corrected chi connectivity index (χ0v) is 21.6. The first-order valence-electron chi connectivity index (χ1n) is 10.8. The van der Waals surface area contributed by atoms with Gasteiger partial charge >= 0.3 is 17.2 Å². The second-order valence-electron chi connectivity index (χ2n) is 8.95. The van der Waals surface area contributed by atoms with Gasteiger partial charge in [0.05, 0.1) is 0 Å². The summed E-state index contributed by atoms with van der Waals surface area (Å²) in [7, 11) is -4.69. The van der Waals surface area contributed by atoms with Crippen LogP contribution in [0, 0.1) is 0 Å². The molecule has 31 heavy (non-hydrogen) atoms. The molecular formula is C24H36O5P2. The molecule has 0 radical (unpaired) electrons. The van der Waals surface area contributed by atoms with E-state index in [1.807, 2.05) is 24.3 Å². The Morgan fingerprint density at radius 2 is 1.00 bits per heavy atom. The van der Waals surface area contributed by atoms with Gasteiger partial charge < -0.3 is 18.8 Å². The summed E-state index contributed by atoms with van der Waals surface area (Å²) >= 11 is 0. The van der Waals surface area contributed by atoms with E-state index in [2.05, 4.69) is 67.5 Å². The van der Waals surface area contributed by atoms with E-state index in [-0.39, 0.29) is 11.8 Å². The summed E-state index contributed by atoms with van der Waals surface area (Å²) in [6, 6.07) is 12.1. The van der Waals surface area contributed by atoms with Crippen molar-refractivity contribution >= 4 is 17.2 Å². The Balaban J connectivity index is 2.38. The lowest BCUT2D eigenvalue weighted by Gasteiger charge is -2.23. The highest BCUT2D eigenvalue weighted by molar-refractivity contribution is 7.55. The molecule has 0 fully saturated rings. The first kappa shape index (κ1) is 26.0. The van der Waals surface area contributed by atoms with Gasteiger partial charge in [-0.2, -0.15) is 0 Å². The maximum absolute atomic E-state index is 9.52. The minimum atomic E-state index is -2.64. The highest BCUT2D eigenvalue weighted by atomic mass is 31.2. The zero-order valence-electron chi connectivity index (χ0n) is 19.8. The van der Waals surface area contributed by atoms with E-state index in [4.69, 9.17) is 13.4 Å². The molecule has 0 aromatic heterocycles. The van der Waals surface area contributed by atoms with E-state index in [1.54, 1.807) is 0 Å². The van der Waals surface area contributed by atoms with Gasteiger partial charge in [0, 0.05) is 0 Å². The molecular weight excluding hydrogens is 430 g/mol. The molecule has 2 rings (SSSR count). The maximum Gasteiger partial charge on any atom is 0.470 e. The summed E-state index contributed by atoms with van der Waals surface area (Å²) in [5.41, 5.74) is 4.51. The molecule has 172 valence electrons. The van der Waals surface area contributed by atoms with Gasteiger partial charge in [-0.15, -0.1) is 0 Å². The van der Waals surface area contributed by atoms with Gasteiger partial charge in [-0.05, 0) is 58.1 Å². The standard InChI is InChI=1S/C24H36O5P2/c1-15(2)19-9-11-23(21(13-19)17(5)6)27-31(29-30(25)26)28-24-12-10-20(16(3)4)14-22(24)18(7)8/h9-18,25-26H,1-8H3. The monoisotopic (exact) mass is 466 g/mol. The number of hydrogen-bond donors (Lipinski definition) is 2. The van der Waals surface area contributed by atoms with Gasteiger partial charge in [0.2, 0.25) is 0 Å². The van der Waals surface area contributed by atoms with Gasteiger partial charge in [-0.1, -0.05) is 79.7 Å². The van der Waals surface area contributed by atoms with E-state index < -0.39 is 17.2 Å². The minimum absolute atomic E-state index is 0.229. The van der Waals surface area contributed by atoms with Gasteiger partial charge in [-0.25, -0.2) is 4.31 Å².